The Kier molecular flexibility index (Phi) is 18.1. The first-order chi connectivity index (χ1) is 34.2. The summed E-state index contributed by atoms with van der Waals surface area (Å²) >= 11 is 0. The minimum absolute atomic E-state index is 0.0252. The quantitative estimate of drug-likeness (QED) is 0.0320. The third kappa shape index (κ3) is 12.9. The number of ether oxygens (including phenoxy) is 5. The number of anilines is 1. The van der Waals surface area contributed by atoms with Crippen LogP contribution in [-0.2, 0) is 79.8 Å². The van der Waals surface area contributed by atoms with Crippen LogP contribution in [0.2, 0.25) is 0 Å². The van der Waals surface area contributed by atoms with Crippen LogP contribution in [0, 0.1) is 0 Å². The topological polar surface area (TPSA) is 310 Å². The summed E-state index contributed by atoms with van der Waals surface area (Å²) in [5.41, 5.74) is 0.916. The van der Waals surface area contributed by atoms with Crippen LogP contribution < -0.4 is 4.90 Å². The molecule has 0 saturated carbocycles. The molecule has 4 aromatic rings. The highest BCUT2D eigenvalue weighted by molar-refractivity contribution is 7.87. The van der Waals surface area contributed by atoms with Gasteiger partial charge in [-0.3, -0.25) is 18.5 Å². The number of rotatable bonds is 27. The number of hydrogen-bond donors (Lipinski definition) is 4. The van der Waals surface area contributed by atoms with Crippen LogP contribution in [0.5, 0.6) is 0 Å². The summed E-state index contributed by atoms with van der Waals surface area (Å²) in [5, 5.41) is 9.37. The van der Waals surface area contributed by atoms with E-state index in [1.54, 1.807) is 37.5 Å². The van der Waals surface area contributed by atoms with E-state index in [0.29, 0.717) is 98.3 Å². The predicted molar refractivity (Wildman–Crippen MR) is 267 cm³/mol. The molecule has 2 aliphatic rings. The molecule has 1 unspecified atom stereocenters. The normalized spacial score (nSPS) is 17.7. The molecule has 1 atom stereocenters. The second kappa shape index (κ2) is 23.0. The molecule has 0 aromatic heterocycles. The fourth-order valence-corrected chi connectivity index (χ4v) is 12.4. The van der Waals surface area contributed by atoms with Crippen molar-refractivity contribution >= 4 is 85.1 Å². The van der Waals surface area contributed by atoms with Crippen molar-refractivity contribution in [1.29, 1.82) is 0 Å². The number of carboxylic acids is 1. The molecule has 4 N–H and O–H groups in total. The van der Waals surface area contributed by atoms with Crippen molar-refractivity contribution in [2.45, 2.75) is 83.3 Å². The Bertz CT molecular complexity index is 3320. The molecule has 0 saturated heterocycles. The van der Waals surface area contributed by atoms with Gasteiger partial charge in [0, 0.05) is 73.7 Å². The van der Waals surface area contributed by atoms with Crippen LogP contribution in [0.15, 0.2) is 92.0 Å². The lowest BCUT2D eigenvalue weighted by atomic mass is 9.74. The highest BCUT2D eigenvalue weighted by atomic mass is 32.2. The average molecular weight is 1100 g/mol. The third-order valence-electron chi connectivity index (χ3n) is 13.0. The number of unbranched alkanes of at least 4 members (excludes halogenated alkanes) is 2. The van der Waals surface area contributed by atoms with E-state index in [1.165, 1.54) is 19.2 Å². The van der Waals surface area contributed by atoms with Gasteiger partial charge in [-0.1, -0.05) is 32.4 Å². The van der Waals surface area contributed by atoms with Crippen LogP contribution in [0.4, 0.5) is 11.4 Å². The standard InChI is InChI=1S/C48H60N2O19S4/c1-47(2)42(49(18-8-6-7-12-44(51)52)38-15-13-34-36(45(38)47)28-32(70(53,54)55)30-40(34)72(59,60)61)10-9-11-43-48(3,17-20-67-24-25-69-27-26-68-23-22-66-5)46-37-29-33(71(56,57)58)31-41(73(62,63)64)35(37)14-16-39(46)50(43)19-21-65-4/h9-11,13-16,28-31H,6-8,12,17-27H2,1-5H3,(H4-,51,52,53,54,55,56,57,58,59,60,61,62,63,64). The van der Waals surface area contributed by atoms with E-state index in [4.69, 9.17) is 23.7 Å². The molecule has 73 heavy (non-hydrogen) atoms. The van der Waals surface area contributed by atoms with E-state index in [2.05, 4.69) is 0 Å². The van der Waals surface area contributed by atoms with Crippen LogP contribution in [0.3, 0.4) is 0 Å². The maximum absolute atomic E-state index is 12.9. The molecule has 6 rings (SSSR count). The lowest BCUT2D eigenvalue weighted by Crippen LogP contribution is -2.33. The summed E-state index contributed by atoms with van der Waals surface area (Å²) in [6, 6.07) is 9.65. The maximum Gasteiger partial charge on any atom is 0.303 e. The van der Waals surface area contributed by atoms with Gasteiger partial charge in [0.05, 0.1) is 59.7 Å². The van der Waals surface area contributed by atoms with Crippen molar-refractivity contribution < 1.29 is 90.0 Å². The number of benzene rings is 4. The number of fused-ring (bicyclic) bond motifs is 6. The van der Waals surface area contributed by atoms with Gasteiger partial charge < -0.3 is 38.2 Å². The van der Waals surface area contributed by atoms with Gasteiger partial charge in [0.1, 0.15) is 21.6 Å². The summed E-state index contributed by atoms with van der Waals surface area (Å²) in [7, 11) is -17.3. The molecule has 2 aliphatic heterocycles. The van der Waals surface area contributed by atoms with E-state index in [-0.39, 0.29) is 67.4 Å². The predicted octanol–water partition coefficient (Wildman–Crippen LogP) is 5.61. The summed E-state index contributed by atoms with van der Waals surface area (Å²) in [6.07, 6.45) is 6.85. The molecule has 0 fully saturated rings. The fourth-order valence-electron chi connectivity index (χ4n) is 9.69. The number of carbonyl (C=O) groups is 1. The Labute approximate surface area is 425 Å². The van der Waals surface area contributed by atoms with E-state index in [9.17, 15) is 61.8 Å². The zero-order valence-electron chi connectivity index (χ0n) is 40.9. The molecule has 2 heterocycles. The number of allylic oxidation sites excluding steroid dienone is 4. The van der Waals surface area contributed by atoms with E-state index >= 15 is 0 Å². The first-order valence-corrected chi connectivity index (χ1v) is 28.8. The first-order valence-electron chi connectivity index (χ1n) is 23.0. The van der Waals surface area contributed by atoms with Gasteiger partial charge in [0.2, 0.25) is 5.69 Å². The van der Waals surface area contributed by atoms with Gasteiger partial charge in [-0.2, -0.15) is 29.8 Å². The van der Waals surface area contributed by atoms with Gasteiger partial charge >= 0.3 is 5.97 Å². The fraction of sp³-hybridized carbons (Fsp3) is 0.458. The van der Waals surface area contributed by atoms with Gasteiger partial charge in [0.15, 0.2) is 12.3 Å². The van der Waals surface area contributed by atoms with Crippen LogP contribution in [0.1, 0.15) is 64.0 Å². The smallest absolute Gasteiger partial charge is 0.303 e. The first kappa shape index (κ1) is 57.5. The number of methoxy groups -OCH3 is 2. The Morgan fingerprint density at radius 2 is 1.22 bits per heavy atom. The van der Waals surface area contributed by atoms with Gasteiger partial charge in [0.25, 0.3) is 30.4 Å². The van der Waals surface area contributed by atoms with Crippen molar-refractivity contribution in [3.63, 3.8) is 0 Å². The zero-order chi connectivity index (χ0) is 53.7. The molecule has 4 aromatic carbocycles. The van der Waals surface area contributed by atoms with Crippen molar-refractivity contribution in [3.05, 3.63) is 83.6 Å². The van der Waals surface area contributed by atoms with Gasteiger partial charge in [-0.15, -0.1) is 0 Å². The van der Waals surface area contributed by atoms with E-state index in [0.717, 1.165) is 12.1 Å². The van der Waals surface area contributed by atoms with Crippen molar-refractivity contribution in [1.82, 2.24) is 0 Å². The maximum atomic E-state index is 12.9. The molecule has 400 valence electrons. The molecule has 21 nitrogen and oxygen atoms in total. The second-order valence-electron chi connectivity index (χ2n) is 18.2. The molecular weight excluding hydrogens is 1040 g/mol. The summed E-state index contributed by atoms with van der Waals surface area (Å²) in [5.74, 6) is -0.955. The van der Waals surface area contributed by atoms with Crippen LogP contribution in [-0.4, -0.2) is 153 Å². The number of carboxylic acid groups (broad SMARTS) is 1. The molecule has 0 spiro atoms. The third-order valence-corrected chi connectivity index (χ3v) is 16.4. The molecule has 0 amide bonds. The van der Waals surface area contributed by atoms with Gasteiger partial charge in [-0.05, 0) is 90.4 Å². The van der Waals surface area contributed by atoms with Crippen LogP contribution in [0.25, 0.3) is 21.5 Å². The summed E-state index contributed by atoms with van der Waals surface area (Å²) in [4.78, 5) is 10.1. The molecule has 0 bridgehead atoms. The molecule has 0 aliphatic carbocycles. The number of nitrogens with zero attached hydrogens (tertiary/aromatic N) is 2. The van der Waals surface area contributed by atoms with Crippen molar-refractivity contribution in [2.75, 3.05) is 85.1 Å². The minimum atomic E-state index is -5.28. The Morgan fingerprint density at radius 1 is 0.671 bits per heavy atom. The average Bonchev–Trinajstić information content (AvgIpc) is 3.67. The lowest BCUT2D eigenvalue weighted by molar-refractivity contribution is -0.441. The highest BCUT2D eigenvalue weighted by Crippen LogP contribution is 2.52. The van der Waals surface area contributed by atoms with Crippen LogP contribution >= 0.6 is 0 Å². The van der Waals surface area contributed by atoms with Gasteiger partial charge in [-0.25, -0.2) is 8.42 Å². The number of aliphatic carboxylic acids is 1. The lowest BCUT2D eigenvalue weighted by Gasteiger charge is -2.27. The SMILES string of the molecule is COCCOCCOCCOCCC1(C)C(/C=C/C=C2/N(CCCCCC(=O)O)c3ccc4c(S(=O)(=O)[O-])cc(S(=O)(=O)O)cc4c3C2(C)C)=[N+](CCOC)c2ccc3c(S(=O)(=O)O)cc(S(=O)(=O)O)cc3c21. The van der Waals surface area contributed by atoms with E-state index < -0.39 is 76.9 Å². The zero-order valence-corrected chi connectivity index (χ0v) is 44.2. The number of hydrogen-bond acceptors (Lipinski definition) is 16. The molecule has 0 radical (unpaired) electrons. The van der Waals surface area contributed by atoms with Crippen molar-refractivity contribution in [3.8, 4) is 0 Å². The Hall–Kier alpha value is -4.74. The Balaban J connectivity index is 1.52. The largest absolute Gasteiger partial charge is 0.744 e. The molecule has 25 heteroatoms. The monoisotopic (exact) mass is 1100 g/mol. The summed E-state index contributed by atoms with van der Waals surface area (Å²) in [6.45, 7) is 8.17. The van der Waals surface area contributed by atoms with E-state index in [1.807, 2.05) is 30.2 Å². The van der Waals surface area contributed by atoms with Crippen molar-refractivity contribution in [2.24, 2.45) is 0 Å². The molecular formula is C48H60N2O19S4. The highest BCUT2D eigenvalue weighted by Gasteiger charge is 2.49. The summed E-state index contributed by atoms with van der Waals surface area (Å²) < 4.78 is 174. The second-order valence-corrected chi connectivity index (χ2v) is 23.7. The minimum Gasteiger partial charge on any atom is -0.744 e. The Morgan fingerprint density at radius 3 is 1.78 bits per heavy atom.